The number of aromatic nitrogens is 5. The van der Waals surface area contributed by atoms with E-state index >= 15 is 0 Å². The van der Waals surface area contributed by atoms with Crippen LogP contribution in [-0.2, 0) is 13.1 Å². The largest absolute Gasteiger partial charge is 0.310 e. The number of halogens is 1. The first kappa shape index (κ1) is 14.1. The zero-order valence-electron chi connectivity index (χ0n) is 12.4. The normalized spacial score (nSPS) is 13.0. The molecule has 21 heavy (non-hydrogen) atoms. The Morgan fingerprint density at radius 2 is 2.00 bits per heavy atom. The van der Waals surface area contributed by atoms with Crippen LogP contribution in [0.15, 0.2) is 24.5 Å². The number of fused-ring (bicyclic) bond motifs is 1. The second-order valence-electron chi connectivity index (χ2n) is 5.31. The van der Waals surface area contributed by atoms with Gasteiger partial charge in [-0.15, -0.1) is 11.6 Å². The lowest BCUT2D eigenvalue weighted by atomic mass is 10.3. The fourth-order valence-electron chi connectivity index (χ4n) is 2.43. The molecule has 0 amide bonds. The van der Waals surface area contributed by atoms with Crippen molar-refractivity contribution in [3.05, 3.63) is 41.6 Å². The van der Waals surface area contributed by atoms with Gasteiger partial charge >= 0.3 is 0 Å². The maximum absolute atomic E-state index is 6.27. The van der Waals surface area contributed by atoms with Crippen molar-refractivity contribution in [1.82, 2.24) is 24.3 Å². The van der Waals surface area contributed by atoms with Crippen molar-refractivity contribution in [2.24, 2.45) is 0 Å². The van der Waals surface area contributed by atoms with Gasteiger partial charge in [-0.2, -0.15) is 5.10 Å². The highest BCUT2D eigenvalue weighted by atomic mass is 35.5. The molecule has 5 nitrogen and oxygen atoms in total. The van der Waals surface area contributed by atoms with E-state index in [9.17, 15) is 0 Å². The van der Waals surface area contributed by atoms with Crippen molar-refractivity contribution < 1.29 is 0 Å². The molecule has 3 heterocycles. The Bertz CT molecular complexity index is 772. The Morgan fingerprint density at radius 3 is 2.67 bits per heavy atom. The number of hydrogen-bond acceptors (Lipinski definition) is 3. The Hall–Kier alpha value is -1.88. The number of rotatable bonds is 4. The van der Waals surface area contributed by atoms with E-state index in [1.54, 1.807) is 0 Å². The molecule has 0 saturated carbocycles. The van der Waals surface area contributed by atoms with Gasteiger partial charge in [0.2, 0.25) is 0 Å². The van der Waals surface area contributed by atoms with Crippen molar-refractivity contribution in [3.8, 4) is 0 Å². The van der Waals surface area contributed by atoms with Gasteiger partial charge in [0.25, 0.3) is 0 Å². The van der Waals surface area contributed by atoms with Crippen LogP contribution in [0, 0.1) is 13.8 Å². The number of imidazole rings is 1. The minimum atomic E-state index is -0.154. The highest BCUT2D eigenvalue weighted by Crippen LogP contribution is 2.23. The van der Waals surface area contributed by atoms with Gasteiger partial charge in [0, 0.05) is 18.4 Å². The predicted octanol–water partition coefficient (Wildman–Crippen LogP) is 3.24. The molecule has 1 atom stereocenters. The fourth-order valence-corrected chi connectivity index (χ4v) is 2.60. The quantitative estimate of drug-likeness (QED) is 0.695. The third-order valence-electron chi connectivity index (χ3n) is 3.43. The monoisotopic (exact) mass is 303 g/mol. The minimum Gasteiger partial charge on any atom is -0.310 e. The fraction of sp³-hybridized carbons (Fsp3) is 0.400. The molecule has 3 rings (SSSR count). The number of nitrogens with zero attached hydrogens (tertiary/aromatic N) is 5. The van der Waals surface area contributed by atoms with Gasteiger partial charge in [0.1, 0.15) is 11.3 Å². The van der Waals surface area contributed by atoms with Crippen LogP contribution in [0.25, 0.3) is 11.2 Å². The lowest BCUT2D eigenvalue weighted by Crippen LogP contribution is -2.11. The third kappa shape index (κ3) is 2.78. The van der Waals surface area contributed by atoms with Crippen LogP contribution in [0.5, 0.6) is 0 Å². The van der Waals surface area contributed by atoms with E-state index in [4.69, 9.17) is 11.6 Å². The SMILES string of the molecule is Cc1cnn(CCn2c(C(C)Cl)nc3ccc(C)nc32)c1. The average Bonchev–Trinajstić information content (AvgIpc) is 3.00. The number of hydrogen-bond donors (Lipinski definition) is 0. The summed E-state index contributed by atoms with van der Waals surface area (Å²) in [6.07, 6.45) is 3.89. The topological polar surface area (TPSA) is 48.5 Å². The molecular weight excluding hydrogens is 286 g/mol. The van der Waals surface area contributed by atoms with Crippen LogP contribution in [0.4, 0.5) is 0 Å². The molecule has 0 bridgehead atoms. The van der Waals surface area contributed by atoms with Crippen molar-refractivity contribution in [2.45, 2.75) is 39.2 Å². The highest BCUT2D eigenvalue weighted by Gasteiger charge is 2.16. The van der Waals surface area contributed by atoms with Gasteiger partial charge in [-0.05, 0) is 38.5 Å². The molecule has 0 aliphatic rings. The summed E-state index contributed by atoms with van der Waals surface area (Å²) in [5.41, 5.74) is 3.92. The third-order valence-corrected chi connectivity index (χ3v) is 3.63. The zero-order valence-corrected chi connectivity index (χ0v) is 13.2. The van der Waals surface area contributed by atoms with Gasteiger partial charge in [-0.1, -0.05) is 0 Å². The molecule has 1 unspecified atom stereocenters. The Balaban J connectivity index is 1.98. The number of alkyl halides is 1. The summed E-state index contributed by atoms with van der Waals surface area (Å²) < 4.78 is 4.02. The van der Waals surface area contributed by atoms with Gasteiger partial charge < -0.3 is 4.57 Å². The van der Waals surface area contributed by atoms with E-state index in [1.165, 1.54) is 0 Å². The smallest absolute Gasteiger partial charge is 0.160 e. The molecular formula is C15H18ClN5. The maximum Gasteiger partial charge on any atom is 0.160 e. The van der Waals surface area contributed by atoms with E-state index < -0.39 is 0 Å². The lowest BCUT2D eigenvalue weighted by molar-refractivity contribution is 0.526. The highest BCUT2D eigenvalue weighted by molar-refractivity contribution is 6.20. The molecule has 0 radical (unpaired) electrons. The molecule has 6 heteroatoms. The summed E-state index contributed by atoms with van der Waals surface area (Å²) in [5.74, 6) is 0.855. The molecule has 0 aliphatic heterocycles. The van der Waals surface area contributed by atoms with Crippen LogP contribution in [0.2, 0.25) is 0 Å². The van der Waals surface area contributed by atoms with Crippen molar-refractivity contribution >= 4 is 22.8 Å². The molecule has 0 spiro atoms. The second kappa shape index (κ2) is 5.48. The van der Waals surface area contributed by atoms with Crippen molar-refractivity contribution in [3.63, 3.8) is 0 Å². The minimum absolute atomic E-state index is 0.154. The van der Waals surface area contributed by atoms with Crippen LogP contribution >= 0.6 is 11.6 Å². The second-order valence-corrected chi connectivity index (χ2v) is 5.97. The molecule has 3 aromatic rings. The average molecular weight is 304 g/mol. The zero-order chi connectivity index (χ0) is 15.0. The molecule has 0 saturated heterocycles. The molecule has 0 fully saturated rings. The molecule has 0 aromatic carbocycles. The summed E-state index contributed by atoms with van der Waals surface area (Å²) in [6, 6.07) is 3.97. The Labute approximate surface area is 128 Å². The van der Waals surface area contributed by atoms with Crippen LogP contribution in [-0.4, -0.2) is 24.3 Å². The molecule has 110 valence electrons. The van der Waals surface area contributed by atoms with Gasteiger partial charge in [-0.25, -0.2) is 9.97 Å². The lowest BCUT2D eigenvalue weighted by Gasteiger charge is -2.10. The van der Waals surface area contributed by atoms with Crippen molar-refractivity contribution in [1.29, 1.82) is 0 Å². The van der Waals surface area contributed by atoms with E-state index in [1.807, 2.05) is 50.0 Å². The summed E-state index contributed by atoms with van der Waals surface area (Å²) in [7, 11) is 0. The van der Waals surface area contributed by atoms with Gasteiger partial charge in [-0.3, -0.25) is 4.68 Å². The first-order valence-electron chi connectivity index (χ1n) is 7.01. The summed E-state index contributed by atoms with van der Waals surface area (Å²) >= 11 is 6.27. The molecule has 3 aromatic heterocycles. The first-order valence-corrected chi connectivity index (χ1v) is 7.45. The van der Waals surface area contributed by atoms with Crippen LogP contribution < -0.4 is 0 Å². The Kier molecular flexibility index (Phi) is 3.68. The predicted molar refractivity (Wildman–Crippen MR) is 83.5 cm³/mol. The van der Waals surface area contributed by atoms with E-state index in [0.717, 1.165) is 41.3 Å². The van der Waals surface area contributed by atoms with E-state index in [-0.39, 0.29) is 5.38 Å². The van der Waals surface area contributed by atoms with Gasteiger partial charge in [0.15, 0.2) is 5.65 Å². The number of pyridine rings is 1. The first-order chi connectivity index (χ1) is 10.0. The summed E-state index contributed by atoms with van der Waals surface area (Å²) in [5, 5.41) is 4.16. The van der Waals surface area contributed by atoms with Gasteiger partial charge in [0.05, 0.1) is 18.1 Å². The van der Waals surface area contributed by atoms with E-state index in [0.29, 0.717) is 0 Å². The van der Waals surface area contributed by atoms with Crippen LogP contribution in [0.3, 0.4) is 0 Å². The molecule has 0 N–H and O–H groups in total. The Morgan fingerprint density at radius 1 is 1.19 bits per heavy atom. The van der Waals surface area contributed by atoms with Crippen LogP contribution in [0.1, 0.15) is 29.4 Å². The standard InChI is InChI=1S/C15H18ClN5/c1-10-8-17-20(9-10)6-7-21-14(12(3)16)19-13-5-4-11(2)18-15(13)21/h4-5,8-9,12H,6-7H2,1-3H3. The molecule has 0 aliphatic carbocycles. The number of aryl methyl sites for hydroxylation is 4. The summed E-state index contributed by atoms with van der Waals surface area (Å²) in [6.45, 7) is 7.47. The summed E-state index contributed by atoms with van der Waals surface area (Å²) in [4.78, 5) is 9.22. The maximum atomic E-state index is 6.27. The van der Waals surface area contributed by atoms with Crippen molar-refractivity contribution in [2.75, 3.05) is 0 Å². The van der Waals surface area contributed by atoms with E-state index in [2.05, 4.69) is 19.6 Å².